The number of anilines is 1. The van der Waals surface area contributed by atoms with Crippen LogP contribution in [0, 0.1) is 19.8 Å². The number of halogens is 1. The summed E-state index contributed by atoms with van der Waals surface area (Å²) in [6.07, 6.45) is 2.17. The summed E-state index contributed by atoms with van der Waals surface area (Å²) in [4.78, 5) is 11.9. The molecule has 0 radical (unpaired) electrons. The van der Waals surface area contributed by atoms with E-state index in [2.05, 4.69) is 10.6 Å². The highest BCUT2D eigenvalue weighted by Gasteiger charge is 2.15. The SMILES string of the molecule is Cc1cc(C)c(NC(=O)NCC2CCCOC2)c(Cl)c1. The number of carbonyl (C=O) groups excluding carboxylic acids is 1. The molecule has 1 aromatic rings. The maximum absolute atomic E-state index is 11.9. The number of ether oxygens (including phenoxy) is 1. The molecule has 1 aliphatic rings. The van der Waals surface area contributed by atoms with E-state index >= 15 is 0 Å². The third-order valence-corrected chi connectivity index (χ3v) is 3.77. The van der Waals surface area contributed by atoms with E-state index in [4.69, 9.17) is 16.3 Å². The molecule has 1 aliphatic heterocycles. The fourth-order valence-electron chi connectivity index (χ4n) is 2.44. The molecular formula is C15H21ClN2O2. The minimum Gasteiger partial charge on any atom is -0.381 e. The summed E-state index contributed by atoms with van der Waals surface area (Å²) in [5.74, 6) is 0.407. The van der Waals surface area contributed by atoms with Crippen LogP contribution in [0.25, 0.3) is 0 Å². The molecule has 4 nitrogen and oxygen atoms in total. The minimum atomic E-state index is -0.218. The van der Waals surface area contributed by atoms with Crippen LogP contribution in [-0.2, 0) is 4.74 Å². The van der Waals surface area contributed by atoms with Crippen molar-refractivity contribution in [3.05, 3.63) is 28.3 Å². The molecule has 110 valence electrons. The molecule has 0 aromatic heterocycles. The quantitative estimate of drug-likeness (QED) is 0.897. The van der Waals surface area contributed by atoms with E-state index in [0.29, 0.717) is 23.2 Å². The maximum atomic E-state index is 11.9. The Morgan fingerprint density at radius 3 is 2.90 bits per heavy atom. The molecule has 0 spiro atoms. The van der Waals surface area contributed by atoms with Gasteiger partial charge in [-0.15, -0.1) is 0 Å². The third kappa shape index (κ3) is 4.12. The van der Waals surface area contributed by atoms with Gasteiger partial charge < -0.3 is 15.4 Å². The molecule has 2 rings (SSSR count). The number of amides is 2. The van der Waals surface area contributed by atoms with Crippen molar-refractivity contribution in [3.63, 3.8) is 0 Å². The second-order valence-electron chi connectivity index (χ2n) is 5.36. The van der Waals surface area contributed by atoms with Gasteiger partial charge >= 0.3 is 6.03 Å². The summed E-state index contributed by atoms with van der Waals surface area (Å²) in [6.45, 7) is 6.11. The van der Waals surface area contributed by atoms with Gasteiger partial charge in [-0.05, 0) is 49.8 Å². The van der Waals surface area contributed by atoms with Gasteiger partial charge in [0.15, 0.2) is 0 Å². The van der Waals surface area contributed by atoms with E-state index in [0.717, 1.165) is 37.2 Å². The van der Waals surface area contributed by atoms with Crippen molar-refractivity contribution in [2.75, 3.05) is 25.1 Å². The molecule has 2 N–H and O–H groups in total. The van der Waals surface area contributed by atoms with E-state index in [1.54, 1.807) is 0 Å². The van der Waals surface area contributed by atoms with Crippen LogP contribution in [0.3, 0.4) is 0 Å². The summed E-state index contributed by atoms with van der Waals surface area (Å²) < 4.78 is 5.39. The molecule has 2 amide bonds. The maximum Gasteiger partial charge on any atom is 0.319 e. The Labute approximate surface area is 124 Å². The molecule has 0 aliphatic carbocycles. The standard InChI is InChI=1S/C15H21ClN2O2/c1-10-6-11(2)14(13(16)7-10)18-15(19)17-8-12-4-3-5-20-9-12/h6-7,12H,3-5,8-9H2,1-2H3,(H2,17,18,19). The summed E-state index contributed by atoms with van der Waals surface area (Å²) in [5, 5.41) is 6.27. The monoisotopic (exact) mass is 296 g/mol. The Morgan fingerprint density at radius 2 is 2.25 bits per heavy atom. The van der Waals surface area contributed by atoms with Crippen LogP contribution in [-0.4, -0.2) is 25.8 Å². The topological polar surface area (TPSA) is 50.4 Å². The first kappa shape index (κ1) is 15.1. The zero-order valence-corrected chi connectivity index (χ0v) is 12.7. The highest BCUT2D eigenvalue weighted by atomic mass is 35.5. The van der Waals surface area contributed by atoms with E-state index < -0.39 is 0 Å². The second-order valence-corrected chi connectivity index (χ2v) is 5.76. The lowest BCUT2D eigenvalue weighted by molar-refractivity contribution is 0.0559. The summed E-state index contributed by atoms with van der Waals surface area (Å²) in [7, 11) is 0. The number of carbonyl (C=O) groups is 1. The lowest BCUT2D eigenvalue weighted by atomic mass is 10.0. The van der Waals surface area contributed by atoms with Gasteiger partial charge in [-0.2, -0.15) is 0 Å². The number of hydrogen-bond acceptors (Lipinski definition) is 2. The van der Waals surface area contributed by atoms with E-state index in [1.807, 2.05) is 26.0 Å². The number of urea groups is 1. The van der Waals surface area contributed by atoms with Crippen LogP contribution in [0.15, 0.2) is 12.1 Å². The summed E-state index contributed by atoms with van der Waals surface area (Å²) >= 11 is 6.17. The third-order valence-electron chi connectivity index (χ3n) is 3.48. The van der Waals surface area contributed by atoms with E-state index in [9.17, 15) is 4.79 Å². The van der Waals surface area contributed by atoms with Gasteiger partial charge in [-0.1, -0.05) is 17.7 Å². The molecule has 1 aromatic carbocycles. The van der Waals surface area contributed by atoms with Crippen molar-refractivity contribution in [1.82, 2.24) is 5.32 Å². The van der Waals surface area contributed by atoms with Crippen LogP contribution < -0.4 is 10.6 Å². The van der Waals surface area contributed by atoms with E-state index in [1.165, 1.54) is 0 Å². The average Bonchev–Trinajstić information content (AvgIpc) is 2.42. The highest BCUT2D eigenvalue weighted by Crippen LogP contribution is 2.27. The van der Waals surface area contributed by atoms with Gasteiger partial charge in [-0.25, -0.2) is 4.79 Å². The molecule has 1 atom stereocenters. The zero-order chi connectivity index (χ0) is 14.5. The Kier molecular flexibility index (Phi) is 5.26. The molecule has 1 fully saturated rings. The highest BCUT2D eigenvalue weighted by molar-refractivity contribution is 6.34. The smallest absolute Gasteiger partial charge is 0.319 e. The molecule has 1 heterocycles. The van der Waals surface area contributed by atoms with Gasteiger partial charge in [0.1, 0.15) is 0 Å². The first-order valence-electron chi connectivity index (χ1n) is 6.95. The number of benzene rings is 1. The molecule has 0 bridgehead atoms. The van der Waals surface area contributed by atoms with Crippen molar-refractivity contribution in [2.45, 2.75) is 26.7 Å². The predicted octanol–water partition coefficient (Wildman–Crippen LogP) is 3.50. The fourth-order valence-corrected chi connectivity index (χ4v) is 2.81. The molecule has 1 saturated heterocycles. The van der Waals surface area contributed by atoms with Crippen LogP contribution >= 0.6 is 11.6 Å². The molecular weight excluding hydrogens is 276 g/mol. The lowest BCUT2D eigenvalue weighted by Crippen LogP contribution is -2.36. The zero-order valence-electron chi connectivity index (χ0n) is 12.0. The predicted molar refractivity (Wildman–Crippen MR) is 81.5 cm³/mol. The Balaban J connectivity index is 1.88. The second kappa shape index (κ2) is 6.95. The summed E-state index contributed by atoms with van der Waals surface area (Å²) in [5.41, 5.74) is 2.72. The summed E-state index contributed by atoms with van der Waals surface area (Å²) in [6, 6.07) is 3.62. The minimum absolute atomic E-state index is 0.218. The van der Waals surface area contributed by atoms with E-state index in [-0.39, 0.29) is 6.03 Å². The number of nitrogens with one attached hydrogen (secondary N) is 2. The van der Waals surface area contributed by atoms with Gasteiger partial charge in [0.25, 0.3) is 0 Å². The van der Waals surface area contributed by atoms with Crippen molar-refractivity contribution in [2.24, 2.45) is 5.92 Å². The normalized spacial score (nSPS) is 18.6. The fraction of sp³-hybridized carbons (Fsp3) is 0.533. The average molecular weight is 297 g/mol. The van der Waals surface area contributed by atoms with Gasteiger partial charge in [-0.3, -0.25) is 0 Å². The first-order chi connectivity index (χ1) is 9.56. The number of hydrogen-bond donors (Lipinski definition) is 2. The molecule has 0 saturated carbocycles. The first-order valence-corrected chi connectivity index (χ1v) is 7.33. The molecule has 1 unspecified atom stereocenters. The van der Waals surface area contributed by atoms with Gasteiger partial charge in [0, 0.05) is 13.2 Å². The van der Waals surface area contributed by atoms with Crippen molar-refractivity contribution in [1.29, 1.82) is 0 Å². The number of aryl methyl sites for hydroxylation is 2. The Hall–Kier alpha value is -1.26. The van der Waals surface area contributed by atoms with Crippen molar-refractivity contribution < 1.29 is 9.53 Å². The van der Waals surface area contributed by atoms with Crippen LogP contribution in [0.2, 0.25) is 5.02 Å². The van der Waals surface area contributed by atoms with Crippen LogP contribution in [0.1, 0.15) is 24.0 Å². The number of rotatable bonds is 3. The molecule has 5 heteroatoms. The van der Waals surface area contributed by atoms with Gasteiger partial charge in [0.05, 0.1) is 17.3 Å². The van der Waals surface area contributed by atoms with Crippen molar-refractivity contribution in [3.8, 4) is 0 Å². The van der Waals surface area contributed by atoms with Gasteiger partial charge in [0.2, 0.25) is 0 Å². The lowest BCUT2D eigenvalue weighted by Gasteiger charge is -2.22. The van der Waals surface area contributed by atoms with Crippen molar-refractivity contribution >= 4 is 23.3 Å². The van der Waals surface area contributed by atoms with Crippen LogP contribution in [0.4, 0.5) is 10.5 Å². The Morgan fingerprint density at radius 1 is 1.45 bits per heavy atom. The largest absolute Gasteiger partial charge is 0.381 e. The van der Waals surface area contributed by atoms with Crippen LogP contribution in [0.5, 0.6) is 0 Å². The molecule has 20 heavy (non-hydrogen) atoms. The Bertz CT molecular complexity index is 462.